The number of aliphatic imine (C=N–C) groups is 1. The third kappa shape index (κ3) is 6.64. The van der Waals surface area contributed by atoms with Gasteiger partial charge in [-0.3, -0.25) is 0 Å². The molecule has 148 valence electrons. The van der Waals surface area contributed by atoms with Crippen LogP contribution < -0.4 is 15.4 Å². The molecule has 0 saturated carbocycles. The number of nitrogens with zero attached hydrogens (tertiary/aromatic N) is 1. The molecule has 0 bridgehead atoms. The molecule has 0 fully saturated rings. The first-order valence-corrected chi connectivity index (χ1v) is 9.41. The first kappa shape index (κ1) is 20.8. The molecular weight excluding hydrogens is 342 g/mol. The van der Waals surface area contributed by atoms with Crippen LogP contribution >= 0.6 is 0 Å². The fourth-order valence-electron chi connectivity index (χ4n) is 2.72. The number of rotatable bonds is 8. The molecule has 1 heterocycles. The van der Waals surface area contributed by atoms with Crippen LogP contribution in [0.15, 0.2) is 39.7 Å². The zero-order chi connectivity index (χ0) is 19.8. The summed E-state index contributed by atoms with van der Waals surface area (Å²) < 4.78 is 11.2. The Morgan fingerprint density at radius 1 is 1.22 bits per heavy atom. The summed E-state index contributed by atoms with van der Waals surface area (Å²) in [6, 6.07) is 9.54. The van der Waals surface area contributed by atoms with E-state index in [1.807, 2.05) is 65.0 Å². The second-order valence-corrected chi connectivity index (χ2v) is 6.77. The lowest BCUT2D eigenvalue weighted by molar-refractivity contribution is 0.179. The summed E-state index contributed by atoms with van der Waals surface area (Å²) in [5.41, 5.74) is 1.86. The van der Waals surface area contributed by atoms with Crippen LogP contribution in [0.25, 0.3) is 0 Å². The minimum absolute atomic E-state index is 0.0954. The second kappa shape index (κ2) is 10.0. The van der Waals surface area contributed by atoms with Gasteiger partial charge in [-0.2, -0.15) is 0 Å². The average Bonchev–Trinajstić information content (AvgIpc) is 2.94. The Hall–Kier alpha value is -2.47. The van der Waals surface area contributed by atoms with Gasteiger partial charge in [0.1, 0.15) is 17.3 Å². The Labute approximate surface area is 161 Å². The predicted octanol–water partition coefficient (Wildman–Crippen LogP) is 3.47. The van der Waals surface area contributed by atoms with Gasteiger partial charge in [0.2, 0.25) is 0 Å². The summed E-state index contributed by atoms with van der Waals surface area (Å²) in [6.45, 7) is 11.4. The van der Waals surface area contributed by atoms with Gasteiger partial charge < -0.3 is 24.9 Å². The van der Waals surface area contributed by atoms with Gasteiger partial charge in [0.25, 0.3) is 0 Å². The van der Waals surface area contributed by atoms with E-state index in [4.69, 9.17) is 9.15 Å². The van der Waals surface area contributed by atoms with Gasteiger partial charge in [0.05, 0.1) is 18.8 Å². The van der Waals surface area contributed by atoms with Crippen molar-refractivity contribution >= 4 is 5.96 Å². The quantitative estimate of drug-likeness (QED) is 0.488. The number of aliphatic hydroxyl groups is 1. The van der Waals surface area contributed by atoms with E-state index in [-0.39, 0.29) is 6.10 Å². The lowest BCUT2D eigenvalue weighted by Gasteiger charge is -2.17. The molecule has 0 aliphatic rings. The van der Waals surface area contributed by atoms with Crippen molar-refractivity contribution in [3.63, 3.8) is 0 Å². The number of hydrogen-bond acceptors (Lipinski definition) is 4. The zero-order valence-corrected chi connectivity index (χ0v) is 16.9. The number of aliphatic hydroxyl groups excluding tert-OH is 1. The lowest BCUT2D eigenvalue weighted by atomic mass is 10.1. The molecule has 1 unspecified atom stereocenters. The minimum Gasteiger partial charge on any atom is -0.491 e. The molecule has 0 aliphatic carbocycles. The Balaban J connectivity index is 1.98. The number of guanidine groups is 1. The highest BCUT2D eigenvalue weighted by Crippen LogP contribution is 2.20. The average molecular weight is 373 g/mol. The number of benzene rings is 1. The van der Waals surface area contributed by atoms with Crippen LogP contribution in [-0.2, 0) is 6.54 Å². The highest BCUT2D eigenvalue weighted by Gasteiger charge is 2.11. The third-order valence-corrected chi connectivity index (χ3v) is 3.97. The summed E-state index contributed by atoms with van der Waals surface area (Å²) in [5.74, 6) is 3.18. The highest BCUT2D eigenvalue weighted by molar-refractivity contribution is 5.79. The van der Waals surface area contributed by atoms with E-state index in [0.717, 1.165) is 34.9 Å². The summed E-state index contributed by atoms with van der Waals surface area (Å²) in [4.78, 5) is 4.58. The summed E-state index contributed by atoms with van der Waals surface area (Å²) in [6.07, 6.45) is -0.569. The summed E-state index contributed by atoms with van der Waals surface area (Å²) >= 11 is 0. The maximum absolute atomic E-state index is 10.5. The molecular formula is C21H31N3O3. The Morgan fingerprint density at radius 3 is 2.63 bits per heavy atom. The van der Waals surface area contributed by atoms with Crippen molar-refractivity contribution in [3.8, 4) is 5.75 Å². The minimum atomic E-state index is -0.664. The molecule has 3 N–H and O–H groups in total. The molecule has 2 aromatic rings. The van der Waals surface area contributed by atoms with Gasteiger partial charge in [-0.15, -0.1) is 0 Å². The van der Waals surface area contributed by atoms with Crippen molar-refractivity contribution in [2.75, 3.05) is 13.1 Å². The van der Waals surface area contributed by atoms with Gasteiger partial charge in [-0.1, -0.05) is 12.1 Å². The topological polar surface area (TPSA) is 79.0 Å². The Bertz CT molecular complexity index is 753. The van der Waals surface area contributed by atoms with Crippen LogP contribution in [0.5, 0.6) is 5.75 Å². The molecule has 1 aromatic carbocycles. The monoisotopic (exact) mass is 373 g/mol. The van der Waals surface area contributed by atoms with E-state index in [0.29, 0.717) is 19.0 Å². The molecule has 2 rings (SSSR count). The normalized spacial score (nSPS) is 12.9. The van der Waals surface area contributed by atoms with E-state index >= 15 is 0 Å². The van der Waals surface area contributed by atoms with Gasteiger partial charge in [-0.05, 0) is 58.4 Å². The van der Waals surface area contributed by atoms with Crippen LogP contribution in [-0.4, -0.2) is 30.3 Å². The predicted molar refractivity (Wildman–Crippen MR) is 108 cm³/mol. The molecule has 27 heavy (non-hydrogen) atoms. The number of furan rings is 1. The molecule has 0 spiro atoms. The fraction of sp³-hybridized carbons (Fsp3) is 0.476. The first-order chi connectivity index (χ1) is 12.9. The fourth-order valence-corrected chi connectivity index (χ4v) is 2.72. The summed E-state index contributed by atoms with van der Waals surface area (Å²) in [7, 11) is 0. The van der Waals surface area contributed by atoms with Crippen LogP contribution in [0.2, 0.25) is 0 Å². The maximum Gasteiger partial charge on any atom is 0.191 e. The first-order valence-electron chi connectivity index (χ1n) is 9.41. The number of nitrogens with one attached hydrogen (secondary N) is 2. The highest BCUT2D eigenvalue weighted by atomic mass is 16.5. The Morgan fingerprint density at radius 2 is 2.00 bits per heavy atom. The molecule has 6 heteroatoms. The standard InChI is InChI=1S/C21H31N3O3/c1-6-22-21(23-12-18-10-15(4)27-16(18)5)24-13-20(25)17-8-7-9-19(11-17)26-14(2)3/h7-11,14,20,25H,6,12-13H2,1-5H3,(H2,22,23,24). The van der Waals surface area contributed by atoms with Crippen LogP contribution in [0, 0.1) is 13.8 Å². The zero-order valence-electron chi connectivity index (χ0n) is 16.9. The molecule has 0 amide bonds. The molecule has 1 aromatic heterocycles. The van der Waals surface area contributed by atoms with E-state index in [1.165, 1.54) is 0 Å². The van der Waals surface area contributed by atoms with Gasteiger partial charge >= 0.3 is 0 Å². The van der Waals surface area contributed by atoms with Gasteiger partial charge in [0, 0.05) is 18.7 Å². The van der Waals surface area contributed by atoms with Crippen molar-refractivity contribution in [1.82, 2.24) is 10.6 Å². The van der Waals surface area contributed by atoms with Gasteiger partial charge in [0.15, 0.2) is 5.96 Å². The van der Waals surface area contributed by atoms with E-state index in [1.54, 1.807) is 0 Å². The molecule has 0 saturated heterocycles. The van der Waals surface area contributed by atoms with E-state index in [9.17, 15) is 5.11 Å². The van der Waals surface area contributed by atoms with Crippen molar-refractivity contribution in [3.05, 3.63) is 53.0 Å². The van der Waals surface area contributed by atoms with E-state index < -0.39 is 6.10 Å². The van der Waals surface area contributed by atoms with E-state index in [2.05, 4.69) is 15.6 Å². The Kier molecular flexibility index (Phi) is 7.73. The molecule has 0 radical (unpaired) electrons. The smallest absolute Gasteiger partial charge is 0.191 e. The SMILES string of the molecule is CCNC(=NCc1cc(C)oc1C)NCC(O)c1cccc(OC(C)C)c1. The maximum atomic E-state index is 10.5. The largest absolute Gasteiger partial charge is 0.491 e. The summed E-state index contributed by atoms with van der Waals surface area (Å²) in [5, 5.41) is 16.9. The van der Waals surface area contributed by atoms with Crippen LogP contribution in [0.4, 0.5) is 0 Å². The molecule has 0 aliphatic heterocycles. The van der Waals surface area contributed by atoms with Crippen molar-refractivity contribution in [2.24, 2.45) is 4.99 Å². The molecule has 6 nitrogen and oxygen atoms in total. The van der Waals surface area contributed by atoms with Crippen molar-refractivity contribution in [1.29, 1.82) is 0 Å². The van der Waals surface area contributed by atoms with Gasteiger partial charge in [-0.25, -0.2) is 4.99 Å². The number of ether oxygens (including phenoxy) is 1. The number of aryl methyl sites for hydroxylation is 2. The van der Waals surface area contributed by atoms with Crippen molar-refractivity contribution < 1.29 is 14.3 Å². The van der Waals surface area contributed by atoms with Crippen LogP contribution in [0.1, 0.15) is 49.5 Å². The lowest BCUT2D eigenvalue weighted by Crippen LogP contribution is -2.39. The van der Waals surface area contributed by atoms with Crippen LogP contribution in [0.3, 0.4) is 0 Å². The third-order valence-electron chi connectivity index (χ3n) is 3.97. The second-order valence-electron chi connectivity index (χ2n) is 6.77. The number of hydrogen-bond donors (Lipinski definition) is 3. The molecule has 1 atom stereocenters. The van der Waals surface area contributed by atoms with Crippen molar-refractivity contribution in [2.45, 2.75) is 53.4 Å².